The smallest absolute Gasteiger partial charge is 0.154 e. The number of hydrogen-bond donors (Lipinski definition) is 0. The van der Waals surface area contributed by atoms with Gasteiger partial charge in [-0.3, -0.25) is 9.69 Å². The summed E-state index contributed by atoms with van der Waals surface area (Å²) in [6.07, 6.45) is 4.91. The maximum atomic E-state index is 13.5. The van der Waals surface area contributed by atoms with Crippen molar-refractivity contribution in [1.82, 2.24) is 4.90 Å². The summed E-state index contributed by atoms with van der Waals surface area (Å²) in [7, 11) is 0. The van der Waals surface area contributed by atoms with Gasteiger partial charge in [-0.05, 0) is 42.9 Å². The van der Waals surface area contributed by atoms with E-state index in [0.717, 1.165) is 13.0 Å². The van der Waals surface area contributed by atoms with Gasteiger partial charge in [-0.25, -0.2) is 0 Å². The zero-order valence-electron chi connectivity index (χ0n) is 14.6. The SMILES string of the molecule is O=C1C2CCN(C3CCCC23)C1C(c1ccccc1)c1ccccc1. The average Bonchev–Trinajstić information content (AvgIpc) is 3.17. The van der Waals surface area contributed by atoms with Gasteiger partial charge in [0.25, 0.3) is 0 Å². The maximum absolute atomic E-state index is 13.5. The van der Waals surface area contributed by atoms with E-state index in [1.54, 1.807) is 0 Å². The van der Waals surface area contributed by atoms with Crippen LogP contribution < -0.4 is 0 Å². The van der Waals surface area contributed by atoms with Crippen LogP contribution in [0, 0.1) is 11.8 Å². The number of Topliss-reactive ketones (excluding diaryl/α,β-unsaturated/α-hetero) is 1. The van der Waals surface area contributed by atoms with Gasteiger partial charge in [-0.15, -0.1) is 0 Å². The number of benzene rings is 2. The van der Waals surface area contributed by atoms with E-state index < -0.39 is 0 Å². The largest absolute Gasteiger partial charge is 0.298 e. The summed E-state index contributed by atoms with van der Waals surface area (Å²) < 4.78 is 0. The highest BCUT2D eigenvalue weighted by Crippen LogP contribution is 2.50. The summed E-state index contributed by atoms with van der Waals surface area (Å²) in [5.41, 5.74) is 2.54. The van der Waals surface area contributed by atoms with Crippen LogP contribution in [0.15, 0.2) is 60.7 Å². The molecule has 0 spiro atoms. The van der Waals surface area contributed by atoms with E-state index in [0.29, 0.717) is 23.7 Å². The van der Waals surface area contributed by atoms with Crippen LogP contribution in [0.2, 0.25) is 0 Å². The third-order valence-corrected chi connectivity index (χ3v) is 6.82. The topological polar surface area (TPSA) is 20.3 Å². The molecule has 5 unspecified atom stereocenters. The standard InChI is InChI=1S/C23H25NO/c25-23-19-14-15-24(20-13-7-12-18(19)20)22(23)21(16-8-3-1-4-9-16)17-10-5-2-6-11-17/h1-6,8-11,18-22H,7,12-15H2. The Morgan fingerprint density at radius 2 is 1.48 bits per heavy atom. The zero-order valence-corrected chi connectivity index (χ0v) is 14.6. The molecule has 2 heteroatoms. The molecule has 3 saturated heterocycles. The minimum atomic E-state index is 0.0166. The van der Waals surface area contributed by atoms with Crippen LogP contribution in [-0.4, -0.2) is 29.3 Å². The molecule has 128 valence electrons. The number of hydrogen-bond acceptors (Lipinski definition) is 2. The lowest BCUT2D eigenvalue weighted by molar-refractivity contribution is -0.146. The Morgan fingerprint density at radius 1 is 0.840 bits per heavy atom. The van der Waals surface area contributed by atoms with Crippen LogP contribution >= 0.6 is 0 Å². The van der Waals surface area contributed by atoms with Gasteiger partial charge in [0.05, 0.1) is 6.04 Å². The predicted octanol–water partition coefficient (Wildman–Crippen LogP) is 4.26. The number of carbonyl (C=O) groups is 1. The molecule has 3 heterocycles. The molecular formula is C23H25NO. The van der Waals surface area contributed by atoms with Crippen molar-refractivity contribution < 1.29 is 4.79 Å². The van der Waals surface area contributed by atoms with Gasteiger partial charge in [0.2, 0.25) is 0 Å². The number of carbonyl (C=O) groups excluding carboxylic acids is 1. The highest BCUT2D eigenvalue weighted by molar-refractivity contribution is 5.90. The first-order chi connectivity index (χ1) is 12.3. The predicted molar refractivity (Wildman–Crippen MR) is 99.5 cm³/mol. The van der Waals surface area contributed by atoms with E-state index in [1.165, 1.54) is 30.4 Å². The zero-order chi connectivity index (χ0) is 16.8. The third kappa shape index (κ3) is 2.38. The second-order valence-electron chi connectivity index (χ2n) is 7.94. The Bertz CT molecular complexity index is 717. The summed E-state index contributed by atoms with van der Waals surface area (Å²) in [6, 6.07) is 22.0. The second kappa shape index (κ2) is 6.10. The first kappa shape index (κ1) is 15.3. The third-order valence-electron chi connectivity index (χ3n) is 6.82. The van der Waals surface area contributed by atoms with Crippen molar-refractivity contribution in [3.63, 3.8) is 0 Å². The Hall–Kier alpha value is -1.93. The number of fused-ring (bicyclic) bond motifs is 2. The molecule has 0 amide bonds. The van der Waals surface area contributed by atoms with Gasteiger partial charge in [-0.1, -0.05) is 67.1 Å². The lowest BCUT2D eigenvalue weighted by Gasteiger charge is -2.54. The molecule has 1 aliphatic carbocycles. The van der Waals surface area contributed by atoms with Crippen molar-refractivity contribution in [3.8, 4) is 0 Å². The van der Waals surface area contributed by atoms with Crippen molar-refractivity contribution in [2.75, 3.05) is 6.54 Å². The first-order valence-corrected chi connectivity index (χ1v) is 9.74. The van der Waals surface area contributed by atoms with Crippen molar-refractivity contribution in [2.24, 2.45) is 11.8 Å². The summed E-state index contributed by atoms with van der Waals surface area (Å²) in [5, 5.41) is 0. The Balaban J connectivity index is 1.61. The molecular weight excluding hydrogens is 306 g/mol. The average molecular weight is 331 g/mol. The molecule has 0 radical (unpaired) electrons. The normalized spacial score (nSPS) is 33.6. The van der Waals surface area contributed by atoms with Crippen molar-refractivity contribution in [3.05, 3.63) is 71.8 Å². The van der Waals surface area contributed by atoms with E-state index >= 15 is 0 Å². The van der Waals surface area contributed by atoms with Crippen LogP contribution in [0.4, 0.5) is 0 Å². The van der Waals surface area contributed by atoms with Crippen molar-refractivity contribution in [2.45, 2.75) is 43.7 Å². The fraction of sp³-hybridized carbons (Fsp3) is 0.435. The highest BCUT2D eigenvalue weighted by atomic mass is 16.1. The molecule has 2 aromatic carbocycles. The Kier molecular flexibility index (Phi) is 3.74. The quantitative estimate of drug-likeness (QED) is 0.837. The van der Waals surface area contributed by atoms with Gasteiger partial charge in [-0.2, -0.15) is 0 Å². The van der Waals surface area contributed by atoms with E-state index in [9.17, 15) is 4.79 Å². The van der Waals surface area contributed by atoms with Crippen LogP contribution in [0.1, 0.15) is 42.7 Å². The van der Waals surface area contributed by atoms with Crippen LogP contribution in [-0.2, 0) is 4.79 Å². The maximum Gasteiger partial charge on any atom is 0.154 e. The lowest BCUT2D eigenvalue weighted by Crippen LogP contribution is -2.64. The van der Waals surface area contributed by atoms with E-state index in [-0.39, 0.29) is 12.0 Å². The van der Waals surface area contributed by atoms with Gasteiger partial charge in [0.1, 0.15) is 0 Å². The second-order valence-corrected chi connectivity index (χ2v) is 7.94. The van der Waals surface area contributed by atoms with Gasteiger partial charge in [0.15, 0.2) is 5.78 Å². The Labute approximate surface area is 149 Å². The number of nitrogens with zero attached hydrogens (tertiary/aromatic N) is 1. The molecule has 4 aliphatic rings. The molecule has 2 nitrogen and oxygen atoms in total. The highest BCUT2D eigenvalue weighted by Gasteiger charge is 2.55. The molecule has 2 aromatic rings. The van der Waals surface area contributed by atoms with Crippen LogP contribution in [0.5, 0.6) is 0 Å². The van der Waals surface area contributed by atoms with Crippen molar-refractivity contribution in [1.29, 1.82) is 0 Å². The fourth-order valence-electron chi connectivity index (χ4n) is 5.83. The van der Waals surface area contributed by atoms with Crippen LogP contribution in [0.25, 0.3) is 0 Å². The monoisotopic (exact) mass is 331 g/mol. The van der Waals surface area contributed by atoms with Gasteiger partial charge >= 0.3 is 0 Å². The first-order valence-electron chi connectivity index (χ1n) is 9.74. The fourth-order valence-corrected chi connectivity index (χ4v) is 5.83. The molecule has 0 N–H and O–H groups in total. The minimum Gasteiger partial charge on any atom is -0.298 e. The molecule has 2 bridgehead atoms. The van der Waals surface area contributed by atoms with Crippen LogP contribution in [0.3, 0.4) is 0 Å². The number of rotatable bonds is 3. The molecule has 1 saturated carbocycles. The molecule has 3 aliphatic heterocycles. The molecule has 6 rings (SSSR count). The molecule has 25 heavy (non-hydrogen) atoms. The molecule has 0 aromatic heterocycles. The van der Waals surface area contributed by atoms with Crippen molar-refractivity contribution >= 4 is 5.78 Å². The van der Waals surface area contributed by atoms with E-state index in [2.05, 4.69) is 65.6 Å². The van der Waals surface area contributed by atoms with E-state index in [1.807, 2.05) is 0 Å². The summed E-state index contributed by atoms with van der Waals surface area (Å²) in [6.45, 7) is 1.10. The number of ketones is 1. The summed E-state index contributed by atoms with van der Waals surface area (Å²) in [4.78, 5) is 16.1. The molecule has 5 atom stereocenters. The summed E-state index contributed by atoms with van der Waals surface area (Å²) >= 11 is 0. The lowest BCUT2D eigenvalue weighted by atomic mass is 9.66. The minimum absolute atomic E-state index is 0.0166. The molecule has 4 fully saturated rings. The van der Waals surface area contributed by atoms with Gasteiger partial charge in [0, 0.05) is 17.9 Å². The van der Waals surface area contributed by atoms with E-state index in [4.69, 9.17) is 0 Å². The van der Waals surface area contributed by atoms with Gasteiger partial charge < -0.3 is 0 Å². The number of piperidine rings is 3. The summed E-state index contributed by atoms with van der Waals surface area (Å²) in [5.74, 6) is 1.59. The Morgan fingerprint density at radius 3 is 2.12 bits per heavy atom.